The maximum absolute atomic E-state index is 5.92. The smallest absolute Gasteiger partial charge is 0.224 e. The van der Waals surface area contributed by atoms with Gasteiger partial charge in [-0.3, -0.25) is 4.98 Å². The first-order valence-corrected chi connectivity index (χ1v) is 10.7. The molecule has 2 aliphatic rings. The molecule has 0 N–H and O–H groups in total. The number of hydrogen-bond donors (Lipinski definition) is 0. The third-order valence-corrected chi connectivity index (χ3v) is 6.54. The van der Waals surface area contributed by atoms with Crippen molar-refractivity contribution in [2.75, 3.05) is 25.1 Å². The second-order valence-corrected chi connectivity index (χ2v) is 8.34. The van der Waals surface area contributed by atoms with Gasteiger partial charge in [-0.15, -0.1) is 5.10 Å². The molecule has 0 unspecified atom stereocenters. The van der Waals surface area contributed by atoms with Crippen molar-refractivity contribution in [3.05, 3.63) is 36.5 Å². The number of methoxy groups -OCH3 is 1. The Morgan fingerprint density at radius 2 is 2.03 bits per heavy atom. The van der Waals surface area contributed by atoms with Gasteiger partial charge in [-0.2, -0.15) is 10.1 Å². The molecule has 0 bridgehead atoms. The van der Waals surface area contributed by atoms with Gasteiger partial charge in [-0.1, -0.05) is 5.21 Å². The van der Waals surface area contributed by atoms with Crippen LogP contribution in [0.3, 0.4) is 0 Å². The standard InChI is InChI=1S/C21H28N8O/c1-4-28-21(23-14(2)25-28)27-11-16-8-19(20(30-3)9-17(16)12-27)29-13-18(24-26-29)15-6-5-7-22-10-15/h5-7,10,13,16-17,19-20H,4,8-9,11-12H2,1-3H3/t16-,17+,19-,20-/m1/s1. The minimum atomic E-state index is 0.125. The molecule has 0 spiro atoms. The topological polar surface area (TPSA) is 86.8 Å². The molecule has 4 atom stereocenters. The Hall–Kier alpha value is -2.81. The molecule has 9 nitrogen and oxygen atoms in total. The lowest BCUT2D eigenvalue weighted by molar-refractivity contribution is -0.00541. The molecule has 5 rings (SSSR count). The molecule has 3 aromatic rings. The van der Waals surface area contributed by atoms with E-state index in [1.165, 1.54) is 0 Å². The zero-order valence-corrected chi connectivity index (χ0v) is 17.7. The molecule has 0 radical (unpaired) electrons. The van der Waals surface area contributed by atoms with Gasteiger partial charge in [0.25, 0.3) is 0 Å². The Kier molecular flexibility index (Phi) is 4.98. The fraction of sp³-hybridized carbons (Fsp3) is 0.571. The number of anilines is 1. The molecule has 4 heterocycles. The van der Waals surface area contributed by atoms with Gasteiger partial charge in [0.1, 0.15) is 11.5 Å². The summed E-state index contributed by atoms with van der Waals surface area (Å²) in [5.41, 5.74) is 1.83. The third kappa shape index (κ3) is 3.36. The quantitative estimate of drug-likeness (QED) is 0.640. The number of aromatic nitrogens is 7. The maximum atomic E-state index is 5.92. The van der Waals surface area contributed by atoms with Crippen LogP contribution in [0.25, 0.3) is 11.3 Å². The first kappa shape index (κ1) is 19.2. The molecule has 158 valence electrons. The Morgan fingerprint density at radius 1 is 1.20 bits per heavy atom. The van der Waals surface area contributed by atoms with Gasteiger partial charge in [-0.05, 0) is 50.7 Å². The highest BCUT2D eigenvalue weighted by atomic mass is 16.5. The summed E-state index contributed by atoms with van der Waals surface area (Å²) in [6.45, 7) is 6.91. The van der Waals surface area contributed by atoms with Crippen molar-refractivity contribution >= 4 is 5.95 Å². The van der Waals surface area contributed by atoms with Crippen molar-refractivity contribution < 1.29 is 4.74 Å². The van der Waals surface area contributed by atoms with Crippen LogP contribution in [0, 0.1) is 18.8 Å². The molecule has 9 heteroatoms. The summed E-state index contributed by atoms with van der Waals surface area (Å²) in [6.07, 6.45) is 7.78. The number of pyridine rings is 1. The molecule has 0 aromatic carbocycles. The molecule has 2 fully saturated rings. The summed E-state index contributed by atoms with van der Waals surface area (Å²) in [6, 6.07) is 4.11. The fourth-order valence-electron chi connectivity index (χ4n) is 5.06. The van der Waals surface area contributed by atoms with E-state index in [9.17, 15) is 0 Å². The number of nitrogens with zero attached hydrogens (tertiary/aromatic N) is 8. The first-order chi connectivity index (χ1) is 14.7. The average molecular weight is 409 g/mol. The highest BCUT2D eigenvalue weighted by molar-refractivity contribution is 5.55. The minimum Gasteiger partial charge on any atom is -0.379 e. The highest BCUT2D eigenvalue weighted by Gasteiger charge is 2.44. The Labute approximate surface area is 176 Å². The Balaban J connectivity index is 1.36. The van der Waals surface area contributed by atoms with Crippen LogP contribution in [0.4, 0.5) is 5.95 Å². The lowest BCUT2D eigenvalue weighted by atomic mass is 9.77. The summed E-state index contributed by atoms with van der Waals surface area (Å²) >= 11 is 0. The Morgan fingerprint density at radius 3 is 2.77 bits per heavy atom. The van der Waals surface area contributed by atoms with Crippen molar-refractivity contribution in [2.24, 2.45) is 11.8 Å². The normalized spacial score (nSPS) is 26.2. The van der Waals surface area contributed by atoms with Crippen molar-refractivity contribution in [1.29, 1.82) is 0 Å². The SMILES string of the molecule is CCn1nc(C)nc1N1C[C@H]2C[C@@H](n3cc(-c4cccnc4)nn3)[C@H](OC)C[C@H]2C1. The zero-order chi connectivity index (χ0) is 20.7. The van der Waals surface area contributed by atoms with E-state index in [4.69, 9.17) is 4.74 Å². The van der Waals surface area contributed by atoms with E-state index >= 15 is 0 Å². The van der Waals surface area contributed by atoms with Crippen molar-refractivity contribution in [3.8, 4) is 11.3 Å². The van der Waals surface area contributed by atoms with Gasteiger partial charge in [0, 0.05) is 44.7 Å². The van der Waals surface area contributed by atoms with Crippen molar-refractivity contribution in [3.63, 3.8) is 0 Å². The molecule has 3 aromatic heterocycles. The second-order valence-electron chi connectivity index (χ2n) is 8.34. The molecule has 1 aliphatic heterocycles. The van der Waals surface area contributed by atoms with Crippen LogP contribution in [0.2, 0.25) is 0 Å². The Bertz CT molecular complexity index is 1000. The van der Waals surface area contributed by atoms with Crippen LogP contribution in [-0.4, -0.2) is 61.0 Å². The summed E-state index contributed by atoms with van der Waals surface area (Å²) < 4.78 is 9.92. The molecule has 0 amide bonds. The number of aryl methyl sites for hydroxylation is 2. The van der Waals surface area contributed by atoms with Crippen molar-refractivity contribution in [1.82, 2.24) is 34.7 Å². The van der Waals surface area contributed by atoms with E-state index < -0.39 is 0 Å². The van der Waals surface area contributed by atoms with Crippen LogP contribution in [0.1, 0.15) is 31.6 Å². The summed E-state index contributed by atoms with van der Waals surface area (Å²) in [5, 5.41) is 13.4. The second kappa shape index (κ2) is 7.79. The van der Waals surface area contributed by atoms with Crippen molar-refractivity contribution in [2.45, 2.75) is 45.4 Å². The van der Waals surface area contributed by atoms with Crippen LogP contribution in [0.5, 0.6) is 0 Å². The van der Waals surface area contributed by atoms with Gasteiger partial charge in [0.05, 0.1) is 18.3 Å². The van der Waals surface area contributed by atoms with Gasteiger partial charge < -0.3 is 9.64 Å². The fourth-order valence-corrected chi connectivity index (χ4v) is 5.06. The van der Waals surface area contributed by atoms with E-state index in [1.807, 2.05) is 40.8 Å². The lowest BCUT2D eigenvalue weighted by Crippen LogP contribution is -2.37. The highest BCUT2D eigenvalue weighted by Crippen LogP contribution is 2.43. The predicted molar refractivity (Wildman–Crippen MR) is 112 cm³/mol. The minimum absolute atomic E-state index is 0.125. The van der Waals surface area contributed by atoms with Crippen LogP contribution in [-0.2, 0) is 11.3 Å². The van der Waals surface area contributed by atoms with E-state index in [2.05, 4.69) is 37.2 Å². The van der Waals surface area contributed by atoms with Crippen LogP contribution in [0.15, 0.2) is 30.7 Å². The van der Waals surface area contributed by atoms with E-state index in [0.717, 1.165) is 55.5 Å². The summed E-state index contributed by atoms with van der Waals surface area (Å²) in [7, 11) is 1.81. The molecule has 30 heavy (non-hydrogen) atoms. The third-order valence-electron chi connectivity index (χ3n) is 6.54. The maximum Gasteiger partial charge on any atom is 0.224 e. The molecule has 1 saturated carbocycles. The number of ether oxygens (including phenoxy) is 1. The predicted octanol–water partition coefficient (Wildman–Crippen LogP) is 2.36. The first-order valence-electron chi connectivity index (χ1n) is 10.7. The average Bonchev–Trinajstić information content (AvgIpc) is 3.50. The van der Waals surface area contributed by atoms with E-state index in [-0.39, 0.29) is 12.1 Å². The van der Waals surface area contributed by atoms with Gasteiger partial charge in [-0.25, -0.2) is 9.36 Å². The van der Waals surface area contributed by atoms with Crippen LogP contribution < -0.4 is 4.90 Å². The monoisotopic (exact) mass is 408 g/mol. The summed E-state index contributed by atoms with van der Waals surface area (Å²) in [4.78, 5) is 11.3. The molecular formula is C21H28N8O. The van der Waals surface area contributed by atoms with Gasteiger partial charge in [0.2, 0.25) is 5.95 Å². The number of fused-ring (bicyclic) bond motifs is 1. The van der Waals surface area contributed by atoms with E-state index in [1.54, 1.807) is 13.3 Å². The largest absolute Gasteiger partial charge is 0.379 e. The molecule has 1 aliphatic carbocycles. The van der Waals surface area contributed by atoms with E-state index in [0.29, 0.717) is 11.8 Å². The molecular weight excluding hydrogens is 380 g/mol. The molecule has 1 saturated heterocycles. The van der Waals surface area contributed by atoms with Gasteiger partial charge in [0.15, 0.2) is 0 Å². The summed E-state index contributed by atoms with van der Waals surface area (Å²) in [5.74, 6) is 3.00. The number of hydrogen-bond acceptors (Lipinski definition) is 7. The zero-order valence-electron chi connectivity index (χ0n) is 17.7. The lowest BCUT2D eigenvalue weighted by Gasteiger charge is -2.36. The van der Waals surface area contributed by atoms with Crippen LogP contribution >= 0.6 is 0 Å². The van der Waals surface area contributed by atoms with Gasteiger partial charge >= 0.3 is 0 Å². The number of rotatable bonds is 5.